The van der Waals surface area contributed by atoms with Crippen LogP contribution in [0.25, 0.3) is 22.5 Å². The van der Waals surface area contributed by atoms with Crippen LogP contribution in [0.3, 0.4) is 0 Å². The molecular formula is C26H26ClN5O4S. The van der Waals surface area contributed by atoms with Crippen molar-refractivity contribution in [3.63, 3.8) is 0 Å². The van der Waals surface area contributed by atoms with Crippen LogP contribution in [-0.2, 0) is 16.6 Å². The summed E-state index contributed by atoms with van der Waals surface area (Å²) in [5.74, 6) is 0. The molecule has 0 saturated heterocycles. The van der Waals surface area contributed by atoms with Crippen LogP contribution in [0.1, 0.15) is 26.3 Å². The largest absolute Gasteiger partial charge is 0.465 e. The first-order valence-corrected chi connectivity index (χ1v) is 13.2. The number of pyridine rings is 3. The first-order chi connectivity index (χ1) is 17.4. The molecule has 0 radical (unpaired) electrons. The highest BCUT2D eigenvalue weighted by atomic mass is 35.5. The van der Waals surface area contributed by atoms with E-state index in [1.807, 2.05) is 20.8 Å². The minimum atomic E-state index is -4.02. The van der Waals surface area contributed by atoms with Gasteiger partial charge in [0.2, 0.25) is 0 Å². The summed E-state index contributed by atoms with van der Waals surface area (Å²) in [5, 5.41) is 10.1. The van der Waals surface area contributed by atoms with Gasteiger partial charge in [-0.25, -0.2) is 22.2 Å². The van der Waals surface area contributed by atoms with Crippen molar-refractivity contribution >= 4 is 27.7 Å². The maximum absolute atomic E-state index is 13.6. The zero-order chi connectivity index (χ0) is 26.8. The van der Waals surface area contributed by atoms with Gasteiger partial charge in [0.05, 0.1) is 17.9 Å². The molecule has 9 nitrogen and oxygen atoms in total. The summed E-state index contributed by atoms with van der Waals surface area (Å²) in [4.78, 5) is 25.7. The predicted molar refractivity (Wildman–Crippen MR) is 141 cm³/mol. The highest BCUT2D eigenvalue weighted by Crippen LogP contribution is 2.29. The summed E-state index contributed by atoms with van der Waals surface area (Å²) in [6.07, 6.45) is 6.31. The number of carboxylic acid groups (broad SMARTS) is 1. The number of amides is 1. The van der Waals surface area contributed by atoms with E-state index in [1.165, 1.54) is 29.6 Å². The van der Waals surface area contributed by atoms with Gasteiger partial charge in [-0.05, 0) is 53.4 Å². The number of nitrogens with zero attached hydrogens (tertiary/aromatic N) is 5. The van der Waals surface area contributed by atoms with Gasteiger partial charge in [0.15, 0.2) is 0 Å². The van der Waals surface area contributed by atoms with Crippen molar-refractivity contribution in [2.24, 2.45) is 5.41 Å². The van der Waals surface area contributed by atoms with Crippen molar-refractivity contribution < 1.29 is 18.3 Å². The molecule has 0 unspecified atom stereocenters. The van der Waals surface area contributed by atoms with Gasteiger partial charge in [0, 0.05) is 48.7 Å². The lowest BCUT2D eigenvalue weighted by Crippen LogP contribution is -2.36. The van der Waals surface area contributed by atoms with Crippen LogP contribution in [0.4, 0.5) is 4.79 Å². The van der Waals surface area contributed by atoms with Crippen molar-refractivity contribution in [2.75, 3.05) is 6.54 Å². The van der Waals surface area contributed by atoms with E-state index in [2.05, 4.69) is 15.0 Å². The summed E-state index contributed by atoms with van der Waals surface area (Å²) in [6, 6.07) is 11.7. The van der Waals surface area contributed by atoms with Crippen molar-refractivity contribution in [2.45, 2.75) is 32.2 Å². The molecule has 37 heavy (non-hydrogen) atoms. The molecule has 0 bridgehead atoms. The molecule has 192 valence electrons. The third-order valence-electron chi connectivity index (χ3n) is 5.43. The smallest absolute Gasteiger partial charge is 0.407 e. The number of halogens is 1. The minimum absolute atomic E-state index is 0.0139. The normalized spacial score (nSPS) is 11.9. The van der Waals surface area contributed by atoms with Crippen molar-refractivity contribution in [3.8, 4) is 22.5 Å². The fourth-order valence-corrected chi connectivity index (χ4v) is 5.31. The summed E-state index contributed by atoms with van der Waals surface area (Å²) in [6.45, 7) is 6.13. The lowest BCUT2D eigenvalue weighted by Gasteiger charge is -2.27. The predicted octanol–water partition coefficient (Wildman–Crippen LogP) is 5.42. The average molecular weight is 540 g/mol. The molecule has 0 aliphatic heterocycles. The molecule has 0 saturated carbocycles. The maximum atomic E-state index is 13.6. The van der Waals surface area contributed by atoms with Gasteiger partial charge in [-0.1, -0.05) is 32.4 Å². The van der Waals surface area contributed by atoms with E-state index in [1.54, 1.807) is 48.8 Å². The van der Waals surface area contributed by atoms with E-state index >= 15 is 0 Å². The fourth-order valence-electron chi connectivity index (χ4n) is 3.83. The van der Waals surface area contributed by atoms with E-state index in [4.69, 9.17) is 11.6 Å². The molecule has 0 atom stereocenters. The SMILES string of the molecule is CC(C)(C)CN(Cc1cc(-c2ccc(-c3ccc(Cl)nc3)nc2)n(S(=O)(=O)c2cccnc2)c1)C(=O)O. The zero-order valence-electron chi connectivity index (χ0n) is 20.5. The van der Waals surface area contributed by atoms with E-state index in [9.17, 15) is 18.3 Å². The summed E-state index contributed by atoms with van der Waals surface area (Å²) in [7, 11) is -4.02. The molecule has 0 fully saturated rings. The molecule has 0 aliphatic rings. The lowest BCUT2D eigenvalue weighted by molar-refractivity contribution is 0.123. The van der Waals surface area contributed by atoms with Crippen LogP contribution in [0.2, 0.25) is 5.15 Å². The standard InChI is InChI=1S/C26H26ClN5O4S/c1-26(2,3)17-31(25(33)34)15-18-11-23(32(16-18)37(35,36)21-5-4-10-28-14-21)20-6-8-22(29-13-20)19-7-9-24(27)30-12-19/h4-14,16H,15,17H2,1-3H3,(H,33,34). The Morgan fingerprint density at radius 2 is 1.78 bits per heavy atom. The van der Waals surface area contributed by atoms with E-state index in [-0.39, 0.29) is 23.4 Å². The van der Waals surface area contributed by atoms with E-state index in [0.29, 0.717) is 27.7 Å². The molecule has 4 aromatic heterocycles. The Hall–Kier alpha value is -3.76. The number of hydrogen-bond acceptors (Lipinski definition) is 6. The molecule has 1 N–H and O–H groups in total. The Bertz CT molecular complexity index is 1500. The Kier molecular flexibility index (Phi) is 7.33. The quantitative estimate of drug-likeness (QED) is 0.311. The van der Waals surface area contributed by atoms with Gasteiger partial charge in [0.1, 0.15) is 10.0 Å². The Balaban J connectivity index is 1.78. The van der Waals surface area contributed by atoms with Crippen LogP contribution >= 0.6 is 11.6 Å². The van der Waals surface area contributed by atoms with Crippen LogP contribution in [0.5, 0.6) is 0 Å². The van der Waals surface area contributed by atoms with Crippen LogP contribution in [0.15, 0.2) is 78.3 Å². The number of hydrogen-bond donors (Lipinski definition) is 1. The highest BCUT2D eigenvalue weighted by Gasteiger charge is 2.25. The first kappa shape index (κ1) is 26.3. The lowest BCUT2D eigenvalue weighted by atomic mass is 9.96. The second kappa shape index (κ2) is 10.3. The van der Waals surface area contributed by atoms with Gasteiger partial charge in [0.25, 0.3) is 10.0 Å². The maximum Gasteiger partial charge on any atom is 0.407 e. The van der Waals surface area contributed by atoms with Crippen molar-refractivity contribution in [3.05, 3.63) is 84.2 Å². The van der Waals surface area contributed by atoms with Gasteiger partial charge in [-0.15, -0.1) is 0 Å². The van der Waals surface area contributed by atoms with Gasteiger partial charge in [-0.2, -0.15) is 0 Å². The van der Waals surface area contributed by atoms with Crippen LogP contribution in [-0.4, -0.2) is 50.0 Å². The molecule has 4 aromatic rings. The summed E-state index contributed by atoms with van der Waals surface area (Å²) in [5.41, 5.74) is 2.55. The molecule has 1 amide bonds. The molecule has 0 aromatic carbocycles. The second-order valence-electron chi connectivity index (χ2n) is 9.72. The average Bonchev–Trinajstić information content (AvgIpc) is 3.29. The number of aromatic nitrogens is 4. The Morgan fingerprint density at radius 1 is 1.05 bits per heavy atom. The first-order valence-electron chi connectivity index (χ1n) is 11.4. The fraction of sp³-hybridized carbons (Fsp3) is 0.231. The molecular weight excluding hydrogens is 514 g/mol. The van der Waals surface area contributed by atoms with Crippen LogP contribution in [0, 0.1) is 5.41 Å². The van der Waals surface area contributed by atoms with Gasteiger partial charge < -0.3 is 10.0 Å². The molecule has 11 heteroatoms. The molecule has 0 spiro atoms. The molecule has 4 rings (SSSR count). The topological polar surface area (TPSA) is 118 Å². The van der Waals surface area contributed by atoms with Crippen LogP contribution < -0.4 is 0 Å². The minimum Gasteiger partial charge on any atom is -0.465 e. The monoisotopic (exact) mass is 539 g/mol. The third kappa shape index (κ3) is 6.15. The summed E-state index contributed by atoms with van der Waals surface area (Å²) < 4.78 is 28.3. The van der Waals surface area contributed by atoms with Gasteiger partial charge >= 0.3 is 6.09 Å². The van der Waals surface area contributed by atoms with Crippen molar-refractivity contribution in [1.82, 2.24) is 23.8 Å². The van der Waals surface area contributed by atoms with Crippen molar-refractivity contribution in [1.29, 1.82) is 0 Å². The van der Waals surface area contributed by atoms with E-state index < -0.39 is 16.1 Å². The number of rotatable bonds is 7. The second-order valence-corrected chi connectivity index (χ2v) is 11.9. The Labute approximate surface area is 220 Å². The molecule has 4 heterocycles. The third-order valence-corrected chi connectivity index (χ3v) is 7.31. The zero-order valence-corrected chi connectivity index (χ0v) is 22.1. The van der Waals surface area contributed by atoms with E-state index in [0.717, 1.165) is 9.54 Å². The molecule has 0 aliphatic carbocycles. The van der Waals surface area contributed by atoms with Gasteiger partial charge in [-0.3, -0.25) is 9.97 Å². The highest BCUT2D eigenvalue weighted by molar-refractivity contribution is 7.90. The number of carbonyl (C=O) groups is 1. The summed E-state index contributed by atoms with van der Waals surface area (Å²) >= 11 is 5.87. The Morgan fingerprint density at radius 3 is 2.35 bits per heavy atom.